The first-order valence-electron chi connectivity index (χ1n) is 7.37. The second-order valence-corrected chi connectivity index (χ2v) is 6.06. The van der Waals surface area contributed by atoms with E-state index in [4.69, 9.17) is 0 Å². The van der Waals surface area contributed by atoms with Crippen LogP contribution >= 0.6 is 0 Å². The summed E-state index contributed by atoms with van der Waals surface area (Å²) in [5.74, 6) is 1.60. The lowest BCUT2D eigenvalue weighted by Gasteiger charge is -2.29. The minimum atomic E-state index is 0.746. The molecule has 0 fully saturated rings. The van der Waals surface area contributed by atoms with Crippen molar-refractivity contribution in [2.75, 3.05) is 0 Å². The van der Waals surface area contributed by atoms with E-state index in [1.807, 2.05) is 11.1 Å². The maximum Gasteiger partial charge on any atom is -0.00127 e. The molecule has 0 bridgehead atoms. The monoisotopic (exact) mass is 228 g/mol. The summed E-state index contributed by atoms with van der Waals surface area (Å²) in [6.07, 6.45) is 14.2. The van der Waals surface area contributed by atoms with E-state index in [-0.39, 0.29) is 0 Å². The predicted octanol–water partition coefficient (Wildman–Crippen LogP) is 5.18. The topological polar surface area (TPSA) is 0 Å². The first kappa shape index (κ1) is 11.3. The van der Waals surface area contributed by atoms with Crippen LogP contribution in [0, 0.1) is 11.8 Å². The molecule has 3 aliphatic rings. The molecule has 2 unspecified atom stereocenters. The highest BCUT2D eigenvalue weighted by Crippen LogP contribution is 2.44. The lowest BCUT2D eigenvalue weighted by atomic mass is 9.76. The zero-order valence-electron chi connectivity index (χ0n) is 11.3. The zero-order valence-corrected chi connectivity index (χ0v) is 11.3. The van der Waals surface area contributed by atoms with E-state index < -0.39 is 0 Å². The molecule has 0 amide bonds. The highest BCUT2D eigenvalue weighted by Gasteiger charge is 2.28. The fourth-order valence-corrected chi connectivity index (χ4v) is 4.10. The highest BCUT2D eigenvalue weighted by atomic mass is 14.3. The number of rotatable bonds is 0. The molecule has 0 saturated heterocycles. The molecule has 0 saturated carbocycles. The van der Waals surface area contributed by atoms with Crippen molar-refractivity contribution >= 4 is 0 Å². The van der Waals surface area contributed by atoms with Crippen LogP contribution in [0.3, 0.4) is 0 Å². The Balaban J connectivity index is 1.99. The minimum absolute atomic E-state index is 0.746. The second-order valence-electron chi connectivity index (χ2n) is 6.06. The molecule has 0 radical (unpaired) electrons. The summed E-state index contributed by atoms with van der Waals surface area (Å²) in [6.45, 7) is 4.91. The number of hydrogen-bond donors (Lipinski definition) is 0. The van der Waals surface area contributed by atoms with Crippen LogP contribution in [0.2, 0.25) is 0 Å². The zero-order chi connectivity index (χ0) is 11.8. The number of hydrogen-bond acceptors (Lipinski definition) is 0. The molecule has 3 rings (SSSR count). The van der Waals surface area contributed by atoms with Gasteiger partial charge in [-0.05, 0) is 62.4 Å². The largest absolute Gasteiger partial charge is 0.0839 e. The van der Waals surface area contributed by atoms with E-state index in [2.05, 4.69) is 26.0 Å². The van der Waals surface area contributed by atoms with Gasteiger partial charge in [-0.3, -0.25) is 0 Å². The molecular weight excluding hydrogens is 204 g/mol. The third kappa shape index (κ3) is 1.92. The third-order valence-corrected chi connectivity index (χ3v) is 5.11. The van der Waals surface area contributed by atoms with E-state index in [9.17, 15) is 0 Å². The lowest BCUT2D eigenvalue weighted by Crippen LogP contribution is -2.14. The van der Waals surface area contributed by atoms with Gasteiger partial charge >= 0.3 is 0 Å². The van der Waals surface area contributed by atoms with E-state index in [1.54, 1.807) is 11.1 Å². The normalized spacial score (nSPS) is 33.3. The van der Waals surface area contributed by atoms with Crippen molar-refractivity contribution in [1.29, 1.82) is 0 Å². The molecule has 92 valence electrons. The van der Waals surface area contributed by atoms with Gasteiger partial charge in [0.2, 0.25) is 0 Å². The van der Waals surface area contributed by atoms with E-state index in [0.717, 1.165) is 11.8 Å². The Morgan fingerprint density at radius 3 is 2.71 bits per heavy atom. The fraction of sp³-hybridized carbons (Fsp3) is 0.647. The van der Waals surface area contributed by atoms with Crippen LogP contribution in [-0.4, -0.2) is 0 Å². The van der Waals surface area contributed by atoms with Crippen molar-refractivity contribution in [1.82, 2.24) is 0 Å². The molecule has 0 aliphatic heterocycles. The smallest absolute Gasteiger partial charge is 0.00127 e. The first-order chi connectivity index (χ1) is 8.27. The van der Waals surface area contributed by atoms with Crippen LogP contribution in [-0.2, 0) is 0 Å². The van der Waals surface area contributed by atoms with Gasteiger partial charge in [-0.25, -0.2) is 0 Å². The molecular formula is C17H24. The summed E-state index contributed by atoms with van der Waals surface area (Å²) >= 11 is 0. The van der Waals surface area contributed by atoms with Gasteiger partial charge in [-0.2, -0.15) is 0 Å². The second kappa shape index (κ2) is 4.48. The van der Waals surface area contributed by atoms with Gasteiger partial charge in [-0.15, -0.1) is 0 Å². The molecule has 3 aliphatic carbocycles. The van der Waals surface area contributed by atoms with Crippen LogP contribution in [0.5, 0.6) is 0 Å². The molecule has 0 N–H and O–H groups in total. The lowest BCUT2D eigenvalue weighted by molar-refractivity contribution is 0.495. The van der Waals surface area contributed by atoms with Crippen molar-refractivity contribution in [2.24, 2.45) is 11.8 Å². The van der Waals surface area contributed by atoms with Crippen LogP contribution < -0.4 is 0 Å². The Morgan fingerprint density at radius 2 is 1.82 bits per heavy atom. The SMILES string of the molecule is CC1CCCC2=C1CCC1=C(CCC=C1)C2C. The average Bonchev–Trinajstić information content (AvgIpc) is 2.50. The maximum atomic E-state index is 2.47. The number of allylic oxidation sites excluding steroid dienone is 6. The van der Waals surface area contributed by atoms with E-state index in [1.165, 1.54) is 44.9 Å². The quantitative estimate of drug-likeness (QED) is 0.501. The fourth-order valence-electron chi connectivity index (χ4n) is 4.10. The molecule has 0 aromatic carbocycles. The predicted molar refractivity (Wildman–Crippen MR) is 73.8 cm³/mol. The van der Waals surface area contributed by atoms with Gasteiger partial charge in [0, 0.05) is 0 Å². The Labute approximate surface area is 105 Å². The summed E-state index contributed by atoms with van der Waals surface area (Å²) in [4.78, 5) is 0. The Bertz CT molecular complexity index is 406. The van der Waals surface area contributed by atoms with Crippen LogP contribution in [0.15, 0.2) is 34.4 Å². The molecule has 0 nitrogen and oxygen atoms in total. The van der Waals surface area contributed by atoms with Crippen molar-refractivity contribution in [3.63, 3.8) is 0 Å². The summed E-state index contributed by atoms with van der Waals surface area (Å²) in [5.41, 5.74) is 7.09. The first-order valence-corrected chi connectivity index (χ1v) is 7.37. The summed E-state index contributed by atoms with van der Waals surface area (Å²) < 4.78 is 0. The Kier molecular flexibility index (Phi) is 2.98. The van der Waals surface area contributed by atoms with Gasteiger partial charge in [0.15, 0.2) is 0 Å². The molecule has 0 aromatic heterocycles. The molecule has 0 heterocycles. The van der Waals surface area contributed by atoms with Crippen molar-refractivity contribution in [3.8, 4) is 0 Å². The van der Waals surface area contributed by atoms with Crippen LogP contribution in [0.4, 0.5) is 0 Å². The van der Waals surface area contributed by atoms with Gasteiger partial charge < -0.3 is 0 Å². The van der Waals surface area contributed by atoms with Gasteiger partial charge in [0.25, 0.3) is 0 Å². The summed E-state index contributed by atoms with van der Waals surface area (Å²) in [7, 11) is 0. The van der Waals surface area contributed by atoms with E-state index in [0.29, 0.717) is 0 Å². The van der Waals surface area contributed by atoms with Gasteiger partial charge in [-0.1, -0.05) is 42.7 Å². The van der Waals surface area contributed by atoms with Gasteiger partial charge in [0.05, 0.1) is 0 Å². The standard InChI is InChI=1S/C17H24/c1-12-6-5-9-17-13(2)16-8-4-3-7-14(16)10-11-15(12)17/h3,7,12-13H,4-6,8-11H2,1-2H3. The minimum Gasteiger partial charge on any atom is -0.0839 e. The van der Waals surface area contributed by atoms with E-state index >= 15 is 0 Å². The maximum absolute atomic E-state index is 2.47. The molecule has 0 heteroatoms. The van der Waals surface area contributed by atoms with Gasteiger partial charge in [0.1, 0.15) is 0 Å². The van der Waals surface area contributed by atoms with Crippen LogP contribution in [0.25, 0.3) is 0 Å². The Morgan fingerprint density at radius 1 is 0.941 bits per heavy atom. The van der Waals surface area contributed by atoms with Crippen LogP contribution in [0.1, 0.15) is 58.8 Å². The molecule has 0 spiro atoms. The third-order valence-electron chi connectivity index (χ3n) is 5.11. The average molecular weight is 228 g/mol. The molecule has 17 heavy (non-hydrogen) atoms. The summed E-state index contributed by atoms with van der Waals surface area (Å²) in [6, 6.07) is 0. The van der Waals surface area contributed by atoms with Crippen molar-refractivity contribution < 1.29 is 0 Å². The van der Waals surface area contributed by atoms with Crippen molar-refractivity contribution in [2.45, 2.75) is 58.8 Å². The highest BCUT2D eigenvalue weighted by molar-refractivity contribution is 5.40. The molecule has 0 aromatic rings. The van der Waals surface area contributed by atoms with Crippen molar-refractivity contribution in [3.05, 3.63) is 34.4 Å². The summed E-state index contributed by atoms with van der Waals surface area (Å²) in [5, 5.41) is 0. The molecule has 2 atom stereocenters. The Hall–Kier alpha value is -0.780.